The minimum Gasteiger partial charge on any atom is -0.364 e. The quantitative estimate of drug-likeness (QED) is 0.391. The number of aryl methyl sites for hydroxylation is 1. The van der Waals surface area contributed by atoms with Crippen LogP contribution < -0.4 is 5.32 Å². The molecule has 5 rings (SSSR count). The number of hydrogen-bond acceptors (Lipinski definition) is 4. The van der Waals surface area contributed by atoms with Crippen LogP contribution in [0.4, 0.5) is 20.3 Å². The van der Waals surface area contributed by atoms with Gasteiger partial charge < -0.3 is 20.1 Å². The lowest BCUT2D eigenvalue weighted by Crippen LogP contribution is -2.05. The average molecular weight is 421 g/mol. The first-order valence-electron chi connectivity index (χ1n) is 10.1. The fraction of sp³-hybridized carbons (Fsp3) is 0.208. The van der Waals surface area contributed by atoms with Gasteiger partial charge in [-0.3, -0.25) is 0 Å². The van der Waals surface area contributed by atoms with E-state index in [1.54, 1.807) is 18.3 Å². The second-order valence-corrected chi connectivity index (χ2v) is 7.99. The van der Waals surface area contributed by atoms with Crippen LogP contribution in [0, 0.1) is 11.6 Å². The number of aliphatic hydroxyl groups is 2. The molecular weight excluding hydrogens is 400 g/mol. The number of nitrogens with one attached hydrogen (secondary N) is 1. The molecule has 0 radical (unpaired) electrons. The second kappa shape index (κ2) is 7.44. The monoisotopic (exact) mass is 421 g/mol. The number of benzene rings is 2. The minimum absolute atomic E-state index is 0.274. The average Bonchev–Trinajstić information content (AvgIpc) is 3.51. The molecule has 4 aromatic rings. The molecule has 2 heterocycles. The van der Waals surface area contributed by atoms with Gasteiger partial charge in [-0.05, 0) is 60.7 Å². The highest BCUT2D eigenvalue weighted by Gasteiger charge is 2.26. The van der Waals surface area contributed by atoms with Crippen molar-refractivity contribution in [2.45, 2.75) is 25.0 Å². The number of nitrogens with zero attached hydrogens (tertiary/aromatic N) is 2. The van der Waals surface area contributed by atoms with E-state index >= 15 is 0 Å². The summed E-state index contributed by atoms with van der Waals surface area (Å²) in [5.41, 5.74) is 3.54. The zero-order valence-corrected chi connectivity index (χ0v) is 16.8. The van der Waals surface area contributed by atoms with Gasteiger partial charge in [0.1, 0.15) is 17.5 Å². The maximum absolute atomic E-state index is 14.6. The largest absolute Gasteiger partial charge is 0.364 e. The fourth-order valence-electron chi connectivity index (χ4n) is 4.01. The Kier molecular flexibility index (Phi) is 4.72. The van der Waals surface area contributed by atoms with Gasteiger partial charge in [0.15, 0.2) is 6.29 Å². The van der Waals surface area contributed by atoms with Gasteiger partial charge >= 0.3 is 0 Å². The van der Waals surface area contributed by atoms with Gasteiger partial charge in [0.2, 0.25) is 0 Å². The molecule has 0 aliphatic heterocycles. The van der Waals surface area contributed by atoms with Crippen LogP contribution in [-0.4, -0.2) is 19.8 Å². The summed E-state index contributed by atoms with van der Waals surface area (Å²) in [5, 5.41) is 23.7. The van der Waals surface area contributed by atoms with Gasteiger partial charge in [-0.15, -0.1) is 0 Å². The first-order chi connectivity index (χ1) is 14.9. The van der Waals surface area contributed by atoms with Crippen LogP contribution in [-0.2, 0) is 7.05 Å². The minimum atomic E-state index is -1.68. The Balaban J connectivity index is 1.62. The second-order valence-electron chi connectivity index (χ2n) is 7.99. The van der Waals surface area contributed by atoms with Crippen molar-refractivity contribution < 1.29 is 19.0 Å². The Morgan fingerprint density at radius 1 is 1.06 bits per heavy atom. The summed E-state index contributed by atoms with van der Waals surface area (Å²) in [6.45, 7) is 0. The van der Waals surface area contributed by atoms with Crippen LogP contribution in [0.5, 0.6) is 0 Å². The van der Waals surface area contributed by atoms with Crippen LogP contribution >= 0.6 is 0 Å². The summed E-state index contributed by atoms with van der Waals surface area (Å²) < 4.78 is 30.0. The Labute approximate surface area is 177 Å². The predicted molar refractivity (Wildman–Crippen MR) is 115 cm³/mol. The molecule has 0 unspecified atom stereocenters. The molecule has 7 heteroatoms. The maximum atomic E-state index is 14.6. The molecule has 31 heavy (non-hydrogen) atoms. The summed E-state index contributed by atoms with van der Waals surface area (Å²) in [4.78, 5) is 4.41. The molecular formula is C24H21F2N3O2. The predicted octanol–water partition coefficient (Wildman–Crippen LogP) is 5.12. The number of anilines is 2. The smallest absolute Gasteiger partial charge is 0.182 e. The van der Waals surface area contributed by atoms with Gasteiger partial charge in [-0.25, -0.2) is 13.8 Å². The number of aromatic nitrogens is 2. The van der Waals surface area contributed by atoms with Crippen LogP contribution in [0.3, 0.4) is 0 Å². The molecule has 158 valence electrons. The first-order valence-corrected chi connectivity index (χ1v) is 10.1. The molecule has 0 amide bonds. The third-order valence-corrected chi connectivity index (χ3v) is 5.72. The molecule has 2 aromatic heterocycles. The number of hydrogen-bond donors (Lipinski definition) is 3. The SMILES string of the molecule is Cn1ccc2cc(Nc3ncc(C4CC4)cc3C(O)O)cc(-c3ccc(F)cc3F)c21. The van der Waals surface area contributed by atoms with Crippen molar-refractivity contribution in [2.75, 3.05) is 5.32 Å². The van der Waals surface area contributed by atoms with Gasteiger partial charge in [-0.1, -0.05) is 0 Å². The fourth-order valence-corrected chi connectivity index (χ4v) is 4.01. The molecule has 3 N–H and O–H groups in total. The van der Waals surface area contributed by atoms with Gasteiger partial charge in [0.25, 0.3) is 0 Å². The number of fused-ring (bicyclic) bond motifs is 1. The van der Waals surface area contributed by atoms with Gasteiger partial charge in [-0.2, -0.15) is 0 Å². The topological polar surface area (TPSA) is 70.3 Å². The van der Waals surface area contributed by atoms with Gasteiger partial charge in [0, 0.05) is 47.7 Å². The molecule has 0 atom stereocenters. The number of pyridine rings is 1. The molecule has 0 bridgehead atoms. The summed E-state index contributed by atoms with van der Waals surface area (Å²) in [7, 11) is 1.86. The van der Waals surface area contributed by atoms with Crippen molar-refractivity contribution in [1.82, 2.24) is 9.55 Å². The molecule has 2 aromatic carbocycles. The van der Waals surface area contributed by atoms with Crippen molar-refractivity contribution in [3.63, 3.8) is 0 Å². The van der Waals surface area contributed by atoms with E-state index in [-0.39, 0.29) is 11.1 Å². The van der Waals surface area contributed by atoms with Crippen LogP contribution in [0.1, 0.15) is 36.2 Å². The van der Waals surface area contributed by atoms with E-state index in [0.717, 1.165) is 35.4 Å². The van der Waals surface area contributed by atoms with E-state index in [0.29, 0.717) is 23.0 Å². The Hall–Kier alpha value is -3.29. The van der Waals surface area contributed by atoms with E-state index in [1.165, 1.54) is 12.1 Å². The molecule has 1 aliphatic rings. The van der Waals surface area contributed by atoms with Crippen LogP contribution in [0.2, 0.25) is 0 Å². The van der Waals surface area contributed by atoms with E-state index in [2.05, 4.69) is 10.3 Å². The summed E-state index contributed by atoms with van der Waals surface area (Å²) in [6, 6.07) is 10.8. The summed E-state index contributed by atoms with van der Waals surface area (Å²) in [6.07, 6.45) is 4.08. The van der Waals surface area contributed by atoms with E-state index in [4.69, 9.17) is 0 Å². The van der Waals surface area contributed by atoms with E-state index < -0.39 is 17.9 Å². The number of aliphatic hydroxyl groups excluding tert-OH is 1. The molecule has 5 nitrogen and oxygen atoms in total. The molecule has 1 saturated carbocycles. The highest BCUT2D eigenvalue weighted by Crippen LogP contribution is 2.41. The first kappa shape index (κ1) is 19.7. The Morgan fingerprint density at radius 3 is 2.58 bits per heavy atom. The van der Waals surface area contributed by atoms with Crippen LogP contribution in [0.15, 0.2) is 54.9 Å². The lowest BCUT2D eigenvalue weighted by atomic mass is 10.0. The molecule has 1 fully saturated rings. The van der Waals surface area contributed by atoms with Crippen LogP contribution in [0.25, 0.3) is 22.0 Å². The van der Waals surface area contributed by atoms with Crippen molar-refractivity contribution in [3.05, 3.63) is 77.6 Å². The van der Waals surface area contributed by atoms with Gasteiger partial charge in [0.05, 0.1) is 11.1 Å². The van der Waals surface area contributed by atoms with Crippen molar-refractivity contribution in [3.8, 4) is 11.1 Å². The maximum Gasteiger partial charge on any atom is 0.182 e. The number of halogens is 2. The Morgan fingerprint density at radius 2 is 1.87 bits per heavy atom. The van der Waals surface area contributed by atoms with Crippen molar-refractivity contribution in [1.29, 1.82) is 0 Å². The van der Waals surface area contributed by atoms with E-state index in [1.807, 2.05) is 29.9 Å². The lowest BCUT2D eigenvalue weighted by Gasteiger charge is -2.16. The normalized spacial score (nSPS) is 13.9. The third kappa shape index (κ3) is 3.66. The van der Waals surface area contributed by atoms with Crippen molar-refractivity contribution in [2.24, 2.45) is 7.05 Å². The molecule has 1 aliphatic carbocycles. The summed E-state index contributed by atoms with van der Waals surface area (Å²) in [5.74, 6) is -0.550. The Bertz CT molecular complexity index is 1300. The number of rotatable bonds is 5. The zero-order valence-electron chi connectivity index (χ0n) is 16.8. The molecule has 0 spiro atoms. The molecule has 0 saturated heterocycles. The van der Waals surface area contributed by atoms with E-state index in [9.17, 15) is 19.0 Å². The summed E-state index contributed by atoms with van der Waals surface area (Å²) >= 11 is 0. The zero-order chi connectivity index (χ0) is 21.7. The lowest BCUT2D eigenvalue weighted by molar-refractivity contribution is -0.0421. The van der Waals surface area contributed by atoms with Crippen molar-refractivity contribution >= 4 is 22.4 Å². The highest BCUT2D eigenvalue weighted by atomic mass is 19.1. The highest BCUT2D eigenvalue weighted by molar-refractivity contribution is 5.98. The standard InChI is InChI=1S/C24H21F2N3O2/c1-29-7-6-14-8-17(11-19(22(14)29)18-5-4-16(25)10-21(18)26)28-23-20(24(30)31)9-15(12-27-23)13-2-3-13/h4-13,24,30-31H,2-3H2,1H3,(H,27,28). The third-order valence-electron chi connectivity index (χ3n) is 5.72.